The van der Waals surface area contributed by atoms with Crippen molar-refractivity contribution in [2.45, 2.75) is 19.4 Å². The van der Waals surface area contributed by atoms with E-state index in [1.807, 2.05) is 4.90 Å². The lowest BCUT2D eigenvalue weighted by Crippen LogP contribution is -2.39. The van der Waals surface area contributed by atoms with Crippen molar-refractivity contribution in [2.24, 2.45) is 5.92 Å². The van der Waals surface area contributed by atoms with E-state index in [9.17, 15) is 9.59 Å². The summed E-state index contributed by atoms with van der Waals surface area (Å²) in [7, 11) is 1.78. The van der Waals surface area contributed by atoms with Crippen LogP contribution in [0, 0.1) is 5.92 Å². The van der Waals surface area contributed by atoms with Crippen molar-refractivity contribution >= 4 is 23.2 Å². The van der Waals surface area contributed by atoms with Gasteiger partial charge in [0.05, 0.1) is 5.92 Å². The zero-order chi connectivity index (χ0) is 15.5. The molecular formula is C16H23N3O2S. The number of carbonyl (C=O) groups excluding carboxylic acids is 2. The highest BCUT2D eigenvalue weighted by Gasteiger charge is 2.35. The standard InChI is InChI=1S/C16H23N3O2S/c1-17-11-13(10-15(17)20)16(21)19-6-3-5-18(7-8-19)12-14-4-2-9-22-14/h2,4,9,13H,3,5-8,10-12H2,1H3. The number of carbonyl (C=O) groups is 2. The Morgan fingerprint density at radius 1 is 1.32 bits per heavy atom. The summed E-state index contributed by atoms with van der Waals surface area (Å²) in [6.07, 6.45) is 1.39. The van der Waals surface area contributed by atoms with Gasteiger partial charge in [0, 0.05) is 57.6 Å². The molecule has 2 fully saturated rings. The second kappa shape index (κ2) is 6.79. The Bertz CT molecular complexity index is 532. The second-order valence-corrected chi connectivity index (χ2v) is 7.24. The topological polar surface area (TPSA) is 43.9 Å². The molecule has 2 aliphatic heterocycles. The molecule has 2 saturated heterocycles. The molecule has 120 valence electrons. The van der Waals surface area contributed by atoms with Crippen molar-refractivity contribution in [3.63, 3.8) is 0 Å². The van der Waals surface area contributed by atoms with Crippen molar-refractivity contribution in [1.29, 1.82) is 0 Å². The Morgan fingerprint density at radius 3 is 2.86 bits per heavy atom. The van der Waals surface area contributed by atoms with Gasteiger partial charge in [0.2, 0.25) is 11.8 Å². The highest BCUT2D eigenvalue weighted by Crippen LogP contribution is 2.20. The molecule has 0 spiro atoms. The third kappa shape index (κ3) is 3.50. The number of amides is 2. The van der Waals surface area contributed by atoms with Crippen LogP contribution in [0.2, 0.25) is 0 Å². The molecule has 0 radical (unpaired) electrons. The van der Waals surface area contributed by atoms with Crippen LogP contribution in [-0.4, -0.2) is 66.3 Å². The van der Waals surface area contributed by atoms with Gasteiger partial charge >= 0.3 is 0 Å². The Balaban J connectivity index is 1.54. The minimum atomic E-state index is -0.138. The van der Waals surface area contributed by atoms with Crippen LogP contribution < -0.4 is 0 Å². The third-order valence-corrected chi connectivity index (χ3v) is 5.41. The summed E-state index contributed by atoms with van der Waals surface area (Å²) in [4.78, 5) is 31.6. The quantitative estimate of drug-likeness (QED) is 0.842. The molecule has 1 unspecified atom stereocenters. The Hall–Kier alpha value is -1.40. The number of thiophene rings is 1. The van der Waals surface area contributed by atoms with Crippen molar-refractivity contribution in [1.82, 2.24) is 14.7 Å². The molecule has 1 aromatic heterocycles. The van der Waals surface area contributed by atoms with E-state index in [-0.39, 0.29) is 17.7 Å². The van der Waals surface area contributed by atoms with Gasteiger partial charge in [-0.25, -0.2) is 0 Å². The van der Waals surface area contributed by atoms with Gasteiger partial charge in [-0.2, -0.15) is 0 Å². The zero-order valence-corrected chi connectivity index (χ0v) is 13.8. The summed E-state index contributed by atoms with van der Waals surface area (Å²) in [5, 5.41) is 2.11. The van der Waals surface area contributed by atoms with Crippen LogP contribution in [0.25, 0.3) is 0 Å². The maximum Gasteiger partial charge on any atom is 0.228 e. The van der Waals surface area contributed by atoms with Crippen LogP contribution in [0.5, 0.6) is 0 Å². The van der Waals surface area contributed by atoms with Gasteiger partial charge in [-0.15, -0.1) is 11.3 Å². The summed E-state index contributed by atoms with van der Waals surface area (Å²) in [6, 6.07) is 4.25. The summed E-state index contributed by atoms with van der Waals surface area (Å²) in [5.41, 5.74) is 0. The number of hydrogen-bond donors (Lipinski definition) is 0. The van der Waals surface area contributed by atoms with Crippen LogP contribution in [0.4, 0.5) is 0 Å². The fourth-order valence-corrected chi connectivity index (χ4v) is 4.01. The van der Waals surface area contributed by atoms with Gasteiger partial charge in [0.15, 0.2) is 0 Å². The van der Waals surface area contributed by atoms with E-state index in [4.69, 9.17) is 0 Å². The van der Waals surface area contributed by atoms with Crippen LogP contribution >= 0.6 is 11.3 Å². The lowest BCUT2D eigenvalue weighted by atomic mass is 10.1. The van der Waals surface area contributed by atoms with Gasteiger partial charge in [-0.3, -0.25) is 14.5 Å². The van der Waals surface area contributed by atoms with E-state index >= 15 is 0 Å². The number of hydrogen-bond acceptors (Lipinski definition) is 4. The minimum absolute atomic E-state index is 0.0903. The molecule has 1 aromatic rings. The molecule has 6 heteroatoms. The average molecular weight is 321 g/mol. The lowest BCUT2D eigenvalue weighted by molar-refractivity contribution is -0.135. The first kappa shape index (κ1) is 15.5. The molecule has 0 N–H and O–H groups in total. The molecule has 22 heavy (non-hydrogen) atoms. The smallest absolute Gasteiger partial charge is 0.228 e. The van der Waals surface area contributed by atoms with Crippen molar-refractivity contribution < 1.29 is 9.59 Å². The highest BCUT2D eigenvalue weighted by molar-refractivity contribution is 7.09. The lowest BCUT2D eigenvalue weighted by Gasteiger charge is -2.24. The number of nitrogens with zero attached hydrogens (tertiary/aromatic N) is 3. The first-order chi connectivity index (χ1) is 10.6. The maximum atomic E-state index is 12.6. The first-order valence-corrected chi connectivity index (χ1v) is 8.79. The fourth-order valence-electron chi connectivity index (χ4n) is 3.26. The molecule has 3 rings (SSSR count). The largest absolute Gasteiger partial charge is 0.345 e. The van der Waals surface area contributed by atoms with Crippen molar-refractivity contribution in [3.05, 3.63) is 22.4 Å². The molecule has 5 nitrogen and oxygen atoms in total. The average Bonchev–Trinajstić information content (AvgIpc) is 3.04. The molecule has 0 aliphatic carbocycles. The monoisotopic (exact) mass is 321 g/mol. The number of rotatable bonds is 3. The van der Waals surface area contributed by atoms with Gasteiger partial charge in [-0.1, -0.05) is 6.07 Å². The summed E-state index contributed by atoms with van der Waals surface area (Å²) in [5.74, 6) is 0.115. The van der Waals surface area contributed by atoms with E-state index < -0.39 is 0 Å². The summed E-state index contributed by atoms with van der Waals surface area (Å²) < 4.78 is 0. The molecule has 2 aliphatic rings. The number of likely N-dealkylation sites (tertiary alicyclic amines) is 1. The molecule has 3 heterocycles. The second-order valence-electron chi connectivity index (χ2n) is 6.21. The van der Waals surface area contributed by atoms with Crippen LogP contribution in [0.15, 0.2) is 17.5 Å². The predicted octanol–water partition coefficient (Wildman–Crippen LogP) is 1.26. The van der Waals surface area contributed by atoms with Crippen molar-refractivity contribution in [2.75, 3.05) is 39.8 Å². The summed E-state index contributed by atoms with van der Waals surface area (Å²) in [6.45, 7) is 5.09. The van der Waals surface area contributed by atoms with Crippen LogP contribution in [0.3, 0.4) is 0 Å². The Kier molecular flexibility index (Phi) is 4.78. The zero-order valence-electron chi connectivity index (χ0n) is 13.0. The normalized spacial score (nSPS) is 23.9. The Morgan fingerprint density at radius 2 is 2.18 bits per heavy atom. The molecule has 0 bridgehead atoms. The third-order valence-electron chi connectivity index (χ3n) is 4.55. The van der Waals surface area contributed by atoms with Gasteiger partial charge in [0.25, 0.3) is 0 Å². The highest BCUT2D eigenvalue weighted by atomic mass is 32.1. The maximum absolute atomic E-state index is 12.6. The first-order valence-electron chi connectivity index (χ1n) is 7.91. The molecule has 2 amide bonds. The van der Waals surface area contributed by atoms with Gasteiger partial charge < -0.3 is 9.80 Å². The van der Waals surface area contributed by atoms with E-state index in [0.29, 0.717) is 13.0 Å². The fraction of sp³-hybridized carbons (Fsp3) is 0.625. The van der Waals surface area contributed by atoms with Gasteiger partial charge in [-0.05, 0) is 17.9 Å². The van der Waals surface area contributed by atoms with Crippen molar-refractivity contribution in [3.8, 4) is 0 Å². The molecule has 0 aromatic carbocycles. The molecular weight excluding hydrogens is 298 g/mol. The van der Waals surface area contributed by atoms with Gasteiger partial charge in [0.1, 0.15) is 0 Å². The van der Waals surface area contributed by atoms with Crippen LogP contribution in [-0.2, 0) is 16.1 Å². The van der Waals surface area contributed by atoms with Crippen LogP contribution in [0.1, 0.15) is 17.7 Å². The van der Waals surface area contributed by atoms with E-state index in [0.717, 1.165) is 39.1 Å². The predicted molar refractivity (Wildman–Crippen MR) is 86.5 cm³/mol. The molecule has 1 atom stereocenters. The summed E-state index contributed by atoms with van der Waals surface area (Å²) >= 11 is 1.79. The molecule has 0 saturated carbocycles. The SMILES string of the molecule is CN1CC(C(=O)N2CCCN(Cc3cccs3)CC2)CC1=O. The minimum Gasteiger partial charge on any atom is -0.345 e. The van der Waals surface area contributed by atoms with E-state index in [1.54, 1.807) is 23.3 Å². The Labute approximate surface area is 135 Å². The van der Waals surface area contributed by atoms with E-state index in [1.165, 1.54) is 4.88 Å². The van der Waals surface area contributed by atoms with E-state index in [2.05, 4.69) is 22.4 Å².